The van der Waals surface area contributed by atoms with E-state index in [0.717, 1.165) is 31.8 Å². The Kier molecular flexibility index (Phi) is 5.36. The Bertz CT molecular complexity index is 617. The van der Waals surface area contributed by atoms with Crippen LogP contribution in [0.15, 0.2) is 4.99 Å². The number of nitrogens with zero attached hydrogens (tertiary/aromatic N) is 1. The fourth-order valence-corrected chi connectivity index (χ4v) is 6.32. The normalized spacial score (nSPS) is 37.2. The van der Waals surface area contributed by atoms with E-state index in [1.165, 1.54) is 0 Å². The average Bonchev–Trinajstić information content (AvgIpc) is 3.14. The zero-order valence-electron chi connectivity index (χ0n) is 15.9. The monoisotopic (exact) mass is 371 g/mol. The third-order valence-electron chi connectivity index (χ3n) is 6.22. The highest BCUT2D eigenvalue weighted by molar-refractivity contribution is 7.91. The number of hydrogen-bond donors (Lipinski definition) is 2. The minimum absolute atomic E-state index is 0.0930. The Morgan fingerprint density at radius 3 is 2.76 bits per heavy atom. The zero-order valence-corrected chi connectivity index (χ0v) is 16.7. The fraction of sp³-hybridized carbons (Fsp3) is 0.944. The van der Waals surface area contributed by atoms with Gasteiger partial charge in [-0.2, -0.15) is 0 Å². The molecular formula is C18H33N3O3S. The summed E-state index contributed by atoms with van der Waals surface area (Å²) in [4.78, 5) is 4.75. The summed E-state index contributed by atoms with van der Waals surface area (Å²) < 4.78 is 29.2. The summed E-state index contributed by atoms with van der Waals surface area (Å²) in [6.45, 7) is 10.2. The van der Waals surface area contributed by atoms with Crippen molar-refractivity contribution in [3.05, 3.63) is 0 Å². The molecule has 144 valence electrons. The predicted octanol–water partition coefficient (Wildman–Crippen LogP) is 1.57. The lowest BCUT2D eigenvalue weighted by Gasteiger charge is -2.55. The summed E-state index contributed by atoms with van der Waals surface area (Å²) in [6, 6.07) is 0.681. The molecule has 5 atom stereocenters. The zero-order chi connectivity index (χ0) is 18.2. The summed E-state index contributed by atoms with van der Waals surface area (Å²) in [5.74, 6) is 2.11. The van der Waals surface area contributed by atoms with Crippen molar-refractivity contribution in [2.45, 2.75) is 65.1 Å². The molecule has 7 heteroatoms. The molecule has 25 heavy (non-hydrogen) atoms. The lowest BCUT2D eigenvalue weighted by Crippen LogP contribution is -2.68. The van der Waals surface area contributed by atoms with Crippen LogP contribution in [0.2, 0.25) is 0 Å². The van der Waals surface area contributed by atoms with E-state index >= 15 is 0 Å². The molecule has 0 aromatic rings. The molecule has 3 rings (SSSR count). The van der Waals surface area contributed by atoms with Gasteiger partial charge in [-0.25, -0.2) is 8.42 Å². The molecule has 6 nitrogen and oxygen atoms in total. The highest BCUT2D eigenvalue weighted by atomic mass is 32.2. The van der Waals surface area contributed by atoms with Crippen molar-refractivity contribution < 1.29 is 13.2 Å². The van der Waals surface area contributed by atoms with E-state index in [1.807, 2.05) is 0 Å². The van der Waals surface area contributed by atoms with Crippen LogP contribution in [-0.2, 0) is 14.6 Å². The molecule has 0 spiro atoms. The summed E-state index contributed by atoms with van der Waals surface area (Å²) in [5.41, 5.74) is 0.0930. The van der Waals surface area contributed by atoms with Crippen LogP contribution in [0.3, 0.4) is 0 Å². The third-order valence-corrected chi connectivity index (χ3v) is 8.06. The van der Waals surface area contributed by atoms with E-state index in [4.69, 9.17) is 9.73 Å². The number of rotatable bonds is 5. The molecule has 3 aliphatic rings. The van der Waals surface area contributed by atoms with Gasteiger partial charge >= 0.3 is 0 Å². The van der Waals surface area contributed by atoms with Gasteiger partial charge in [-0.1, -0.05) is 20.8 Å². The Balaban J connectivity index is 1.66. The molecule has 2 saturated heterocycles. The Morgan fingerprint density at radius 1 is 1.36 bits per heavy atom. The maximum absolute atomic E-state index is 11.7. The predicted molar refractivity (Wildman–Crippen MR) is 101 cm³/mol. The Labute approximate surface area is 152 Å². The number of aliphatic imine (C=N–C) groups is 1. The first kappa shape index (κ1) is 19.0. The van der Waals surface area contributed by atoms with Crippen LogP contribution in [0.5, 0.6) is 0 Å². The first-order valence-electron chi connectivity index (χ1n) is 9.62. The van der Waals surface area contributed by atoms with Crippen LogP contribution in [0, 0.1) is 17.3 Å². The van der Waals surface area contributed by atoms with Gasteiger partial charge in [0, 0.05) is 36.6 Å². The maximum Gasteiger partial charge on any atom is 0.191 e. The lowest BCUT2D eigenvalue weighted by molar-refractivity contribution is -0.106. The topological polar surface area (TPSA) is 79.8 Å². The summed E-state index contributed by atoms with van der Waals surface area (Å²) in [6.07, 6.45) is 3.19. The van der Waals surface area contributed by atoms with Gasteiger partial charge in [-0.3, -0.25) is 4.99 Å². The first-order valence-corrected chi connectivity index (χ1v) is 11.4. The van der Waals surface area contributed by atoms with Gasteiger partial charge in [0.25, 0.3) is 0 Å². The molecular weight excluding hydrogens is 338 g/mol. The van der Waals surface area contributed by atoms with E-state index in [0.29, 0.717) is 36.4 Å². The van der Waals surface area contributed by atoms with Crippen LogP contribution in [0.1, 0.15) is 47.0 Å². The second kappa shape index (κ2) is 7.06. The maximum atomic E-state index is 11.7. The van der Waals surface area contributed by atoms with Crippen molar-refractivity contribution in [2.75, 3.05) is 24.7 Å². The molecule has 0 amide bonds. The molecule has 0 radical (unpaired) electrons. The van der Waals surface area contributed by atoms with Crippen LogP contribution in [0.4, 0.5) is 0 Å². The Hall–Kier alpha value is -0.820. The smallest absolute Gasteiger partial charge is 0.191 e. The lowest BCUT2D eigenvalue weighted by atomic mass is 9.57. The van der Waals surface area contributed by atoms with Crippen LogP contribution >= 0.6 is 0 Å². The third kappa shape index (κ3) is 3.97. The molecule has 2 N–H and O–H groups in total. The SMILES string of the molecule is CCC(C)NC(=NCC1CCS(=O)(=O)C1)NC1C2CCOC2C1(C)C. The molecule has 3 fully saturated rings. The van der Waals surface area contributed by atoms with E-state index in [9.17, 15) is 8.42 Å². The number of ether oxygens (including phenoxy) is 1. The van der Waals surface area contributed by atoms with E-state index < -0.39 is 9.84 Å². The summed E-state index contributed by atoms with van der Waals surface area (Å²) in [7, 11) is -2.84. The van der Waals surface area contributed by atoms with Gasteiger partial charge in [0.2, 0.25) is 0 Å². The molecule has 5 unspecified atom stereocenters. The highest BCUT2D eigenvalue weighted by Gasteiger charge is 2.59. The van der Waals surface area contributed by atoms with Crippen LogP contribution < -0.4 is 10.6 Å². The molecule has 0 bridgehead atoms. The van der Waals surface area contributed by atoms with Gasteiger partial charge in [0.15, 0.2) is 15.8 Å². The second-order valence-corrected chi connectivity index (χ2v) is 10.8. The second-order valence-electron chi connectivity index (χ2n) is 8.60. The number of sulfone groups is 1. The van der Waals surface area contributed by atoms with E-state index in [-0.39, 0.29) is 17.1 Å². The average molecular weight is 372 g/mol. The van der Waals surface area contributed by atoms with Crippen LogP contribution in [-0.4, -0.2) is 57.2 Å². The summed E-state index contributed by atoms with van der Waals surface area (Å²) in [5, 5.41) is 7.11. The number of guanidine groups is 1. The molecule has 2 aliphatic heterocycles. The molecule has 0 aromatic carbocycles. The summed E-state index contributed by atoms with van der Waals surface area (Å²) >= 11 is 0. The largest absolute Gasteiger partial charge is 0.377 e. The van der Waals surface area contributed by atoms with Crippen LogP contribution in [0.25, 0.3) is 0 Å². The van der Waals surface area contributed by atoms with Crippen molar-refractivity contribution in [3.63, 3.8) is 0 Å². The molecule has 0 aromatic heterocycles. The number of fused-ring (bicyclic) bond motifs is 1. The molecule has 1 saturated carbocycles. The molecule has 1 aliphatic carbocycles. The van der Waals surface area contributed by atoms with Gasteiger partial charge < -0.3 is 15.4 Å². The molecule has 2 heterocycles. The van der Waals surface area contributed by atoms with Crippen molar-refractivity contribution in [3.8, 4) is 0 Å². The van der Waals surface area contributed by atoms with E-state index in [1.54, 1.807) is 0 Å². The number of hydrogen-bond acceptors (Lipinski definition) is 4. The van der Waals surface area contributed by atoms with Gasteiger partial charge in [-0.05, 0) is 32.1 Å². The minimum atomic E-state index is -2.84. The van der Waals surface area contributed by atoms with Gasteiger partial charge in [0.05, 0.1) is 17.6 Å². The number of nitrogens with one attached hydrogen (secondary N) is 2. The van der Waals surface area contributed by atoms with Crippen molar-refractivity contribution in [2.24, 2.45) is 22.2 Å². The highest BCUT2D eigenvalue weighted by Crippen LogP contribution is 2.52. The van der Waals surface area contributed by atoms with Crippen molar-refractivity contribution in [1.82, 2.24) is 10.6 Å². The standard InChI is InChI=1S/C18H33N3O3S/c1-5-12(2)20-17(19-10-13-7-9-25(22,23)11-13)21-15-14-6-8-24-16(14)18(15,3)4/h12-16H,5-11H2,1-4H3,(H2,19,20,21). The minimum Gasteiger partial charge on any atom is -0.377 e. The fourth-order valence-electron chi connectivity index (χ4n) is 4.47. The first-order chi connectivity index (χ1) is 11.7. The van der Waals surface area contributed by atoms with Gasteiger partial charge in [-0.15, -0.1) is 0 Å². The van der Waals surface area contributed by atoms with Gasteiger partial charge in [0.1, 0.15) is 0 Å². The Morgan fingerprint density at radius 2 is 2.12 bits per heavy atom. The van der Waals surface area contributed by atoms with Crippen molar-refractivity contribution in [1.29, 1.82) is 0 Å². The van der Waals surface area contributed by atoms with E-state index in [2.05, 4.69) is 38.3 Å². The van der Waals surface area contributed by atoms with Crippen molar-refractivity contribution >= 4 is 15.8 Å². The quantitative estimate of drug-likeness (QED) is 0.566.